The van der Waals surface area contributed by atoms with E-state index in [1.807, 2.05) is 65.5 Å². The zero-order valence-corrected chi connectivity index (χ0v) is 106. The third kappa shape index (κ3) is 52.3. The van der Waals surface area contributed by atoms with Crippen LogP contribution in [0.3, 0.4) is 0 Å². The molecule has 0 unspecified atom stereocenters. The molecule has 0 N–H and O–H groups in total. The summed E-state index contributed by atoms with van der Waals surface area (Å²) in [5.74, 6) is 0. The van der Waals surface area contributed by atoms with Gasteiger partial charge >= 0.3 is 214 Å². The van der Waals surface area contributed by atoms with Gasteiger partial charge < -0.3 is 103 Å². The van der Waals surface area contributed by atoms with Gasteiger partial charge in [-0.3, -0.25) is 9.15 Å². The zero-order chi connectivity index (χ0) is 86.7. The highest BCUT2D eigenvalue weighted by Gasteiger charge is 2.57. The van der Waals surface area contributed by atoms with Crippen LogP contribution in [-0.2, 0) is 112 Å². The Morgan fingerprint density at radius 1 is 0.111 bits per heavy atom. The molecule has 0 saturated heterocycles. The van der Waals surface area contributed by atoms with Crippen LogP contribution < -0.4 is 0 Å². The fraction of sp³-hybridized carbons (Fsp3) is 1.00. The van der Waals surface area contributed by atoms with Gasteiger partial charge in [0.1, 0.15) is 0 Å². The highest BCUT2D eigenvalue weighted by Crippen LogP contribution is 2.37. The molecular formula is C54H164O27Si27. The molecular weight excluding hydrogens is 1840 g/mol. The molecule has 650 valence electrons. The number of hydrogen-bond donors (Lipinski definition) is 0. The summed E-state index contributed by atoms with van der Waals surface area (Å²) in [6.07, 6.45) is 0. The minimum atomic E-state index is -2.92. The summed E-state index contributed by atoms with van der Waals surface area (Å²) in [5.41, 5.74) is 0. The molecule has 0 aromatic heterocycles. The van der Waals surface area contributed by atoms with Crippen LogP contribution in [0.5, 0.6) is 0 Å². The summed E-state index contributed by atoms with van der Waals surface area (Å²) in [5, 5.41) is 0. The first-order valence-electron chi connectivity index (χ1n) is 38.2. The lowest BCUT2D eigenvalue weighted by molar-refractivity contribution is -0.132. The van der Waals surface area contributed by atoms with E-state index in [-0.39, 0.29) is 0 Å². The van der Waals surface area contributed by atoms with Crippen molar-refractivity contribution >= 4 is 232 Å². The standard InChI is InChI=1S/C54H164O27Si27/c1-82(2)55-56-84(5,6)58-86(9,10)60-88(13,14)62-90(17,18)64-92(21,22)66-94(25,26)68-96(29,30)70-98(33,34)72-100(37,38)74-102(41,42)76-104(45,46)78-106(49,50)80-108(53,54)81-107(51,52)79-105(47,48)77-103(43,44)75-101(39,40)73-99(35,36)71-97(31,32)69-95(27,28)67-93(23,24)65-91(19,20)63-89(15,16)61-87(11,12)59-85(7,8)57-83(3)4/h82-83H,1-54H3. The Labute approximate surface area is 691 Å². The molecule has 0 fully saturated rings. The van der Waals surface area contributed by atoms with E-state index in [4.69, 9.17) is 112 Å². The van der Waals surface area contributed by atoms with Crippen LogP contribution in [0.4, 0.5) is 0 Å². The van der Waals surface area contributed by atoms with E-state index in [1.165, 1.54) is 0 Å². The first kappa shape index (κ1) is 113. The lowest BCUT2D eigenvalue weighted by atomic mass is 11.9. The van der Waals surface area contributed by atoms with E-state index in [1.54, 1.807) is 0 Å². The third-order valence-corrected chi connectivity index (χ3v) is 112. The van der Waals surface area contributed by atoms with Gasteiger partial charge in [-0.15, -0.1) is 0 Å². The molecule has 0 aliphatic carbocycles. The van der Waals surface area contributed by atoms with Crippen molar-refractivity contribution in [2.45, 2.75) is 354 Å². The largest absolute Gasteiger partial charge is 0.440 e. The molecule has 0 rings (SSSR count). The predicted molar refractivity (Wildman–Crippen MR) is 504 cm³/mol. The van der Waals surface area contributed by atoms with Crippen LogP contribution in [0, 0.1) is 0 Å². The summed E-state index contributed by atoms with van der Waals surface area (Å²) < 4.78 is 183. The van der Waals surface area contributed by atoms with Gasteiger partial charge in [0.2, 0.25) is 9.04 Å². The van der Waals surface area contributed by atoms with Crippen molar-refractivity contribution in [3.05, 3.63) is 0 Å². The van der Waals surface area contributed by atoms with Crippen LogP contribution in [0.2, 0.25) is 354 Å². The quantitative estimate of drug-likeness (QED) is 0.0312. The molecule has 54 heteroatoms. The molecule has 0 atom stereocenters. The lowest BCUT2D eigenvalue weighted by Gasteiger charge is -2.45. The monoisotopic (exact) mass is 2000 g/mol. The highest BCUT2D eigenvalue weighted by atomic mass is 28.6. The SMILES string of the molecule is C[SiH](C)OO[Si](C)(C)O[Si](C)(C)O[Si](C)(C)O[Si](C)(C)O[Si](C)(C)O[Si](C)(C)O[Si](C)(C)O[Si](C)(C)O[Si](C)(C)O[Si](C)(C)O[Si](C)(C)O[Si](C)(C)O[Si](C)(C)O[Si](C)(C)O[Si](C)(C)O[Si](C)(C)O[Si](C)(C)O[Si](C)(C)O[Si](C)(C)O[Si](C)(C)O[Si](C)(C)O[Si](C)(C)O[Si](C)(C)O[Si](C)(C)O[Si](C)(C)O[SiH](C)C. The molecule has 0 aliphatic rings. The lowest BCUT2D eigenvalue weighted by Crippen LogP contribution is -2.63. The van der Waals surface area contributed by atoms with E-state index in [2.05, 4.69) is 288 Å². The van der Waals surface area contributed by atoms with Gasteiger partial charge in [0.25, 0.3) is 0 Å². The molecule has 0 aromatic rings. The minimum Gasteiger partial charge on any atom is -0.440 e. The van der Waals surface area contributed by atoms with E-state index in [0.29, 0.717) is 0 Å². The summed E-state index contributed by atoms with van der Waals surface area (Å²) in [6.45, 7) is 111. The van der Waals surface area contributed by atoms with Crippen molar-refractivity contribution < 1.29 is 112 Å². The van der Waals surface area contributed by atoms with Crippen LogP contribution in [0.15, 0.2) is 0 Å². The molecule has 0 aliphatic heterocycles. The number of hydrogen-bond acceptors (Lipinski definition) is 27. The fourth-order valence-corrected chi connectivity index (χ4v) is 149. The second-order valence-electron chi connectivity index (χ2n) is 39.8. The first-order chi connectivity index (χ1) is 46.3. The first-order valence-corrected chi connectivity index (χ1v) is 114. The van der Waals surface area contributed by atoms with E-state index >= 15 is 0 Å². The molecule has 0 amide bonds. The van der Waals surface area contributed by atoms with E-state index in [9.17, 15) is 0 Å². The molecule has 108 heavy (non-hydrogen) atoms. The van der Waals surface area contributed by atoms with Gasteiger partial charge in [0.05, 0.1) is 0 Å². The summed E-state index contributed by atoms with van der Waals surface area (Å²) in [4.78, 5) is 0. The molecule has 0 aromatic carbocycles. The number of rotatable bonds is 53. The second kappa shape index (κ2) is 38.9. The van der Waals surface area contributed by atoms with Gasteiger partial charge in [-0.2, -0.15) is 0 Å². The van der Waals surface area contributed by atoms with Crippen LogP contribution >= 0.6 is 0 Å². The zero-order valence-electron chi connectivity index (χ0n) is 78.7. The van der Waals surface area contributed by atoms with Gasteiger partial charge in [-0.1, -0.05) is 0 Å². The van der Waals surface area contributed by atoms with E-state index in [0.717, 1.165) is 0 Å². The summed E-state index contributed by atoms with van der Waals surface area (Å²) >= 11 is 0. The molecule has 0 saturated carbocycles. The molecule has 0 heterocycles. The molecule has 0 spiro atoms. The Kier molecular flexibility index (Phi) is 40.6. The van der Waals surface area contributed by atoms with Gasteiger partial charge in [0, 0.05) is 0 Å². The van der Waals surface area contributed by atoms with Gasteiger partial charge in [-0.25, -0.2) is 0 Å². The average molecular weight is 2000 g/mol. The smallest absolute Gasteiger partial charge is 0.358 e. The normalized spacial score (nSPS) is 16.1. The minimum absolute atomic E-state index is 1.28. The van der Waals surface area contributed by atoms with Crippen LogP contribution in [-0.4, -0.2) is 232 Å². The van der Waals surface area contributed by atoms with Crippen molar-refractivity contribution in [1.82, 2.24) is 0 Å². The van der Waals surface area contributed by atoms with Crippen molar-refractivity contribution in [3.8, 4) is 0 Å². The maximum absolute atomic E-state index is 7.01. The average Bonchev–Trinajstić information content (AvgIpc) is 0.808. The van der Waals surface area contributed by atoms with Gasteiger partial charge in [0.15, 0.2) is 9.04 Å². The van der Waals surface area contributed by atoms with Crippen molar-refractivity contribution in [2.24, 2.45) is 0 Å². The third-order valence-electron chi connectivity index (χ3n) is 12.8. The maximum atomic E-state index is 7.01. The highest BCUT2D eigenvalue weighted by molar-refractivity contribution is 6.98. The summed E-state index contributed by atoms with van der Waals surface area (Å²) in [7, 11) is -73.1. The molecule has 0 bridgehead atoms. The Balaban J connectivity index is 5.92. The summed E-state index contributed by atoms with van der Waals surface area (Å²) in [6, 6.07) is 0. The Morgan fingerprint density at radius 3 is 0.278 bits per heavy atom. The van der Waals surface area contributed by atoms with Crippen molar-refractivity contribution in [2.75, 3.05) is 0 Å². The molecule has 0 radical (unpaired) electrons. The Bertz CT molecular complexity index is 2800. The van der Waals surface area contributed by atoms with Crippen LogP contribution in [0.1, 0.15) is 0 Å². The Hall–Kier alpha value is 4.78. The van der Waals surface area contributed by atoms with E-state index < -0.39 is 232 Å². The topological polar surface area (TPSA) is 249 Å². The van der Waals surface area contributed by atoms with Gasteiger partial charge in [-0.05, 0) is 354 Å². The van der Waals surface area contributed by atoms with Crippen molar-refractivity contribution in [1.29, 1.82) is 0 Å². The fourth-order valence-electron chi connectivity index (χ4n) is 15.5. The molecule has 27 nitrogen and oxygen atoms in total. The van der Waals surface area contributed by atoms with Crippen LogP contribution in [0.25, 0.3) is 0 Å². The maximum Gasteiger partial charge on any atom is 0.358 e. The predicted octanol–water partition coefficient (Wildman–Crippen LogP) is 18.9. The Morgan fingerprint density at radius 2 is 0.194 bits per heavy atom. The second-order valence-corrected chi connectivity index (χ2v) is 135. The van der Waals surface area contributed by atoms with Crippen molar-refractivity contribution in [3.63, 3.8) is 0 Å².